The summed E-state index contributed by atoms with van der Waals surface area (Å²) in [6.07, 6.45) is 3.55. The molecular weight excluding hydrogens is 346 g/mol. The number of carbonyl (C=O) groups excluding carboxylic acids is 1. The van der Waals surface area contributed by atoms with Crippen molar-refractivity contribution in [3.8, 4) is 0 Å². The molecule has 3 rings (SSSR count). The molecule has 1 saturated heterocycles. The van der Waals surface area contributed by atoms with Gasteiger partial charge in [0.25, 0.3) is 11.6 Å². The SMILES string of the molecule is CN(C)c1ccc(C(=O)N2CCN(Cc3ccncc3)CC2)cc1[N+](=O)[O-]. The Labute approximate surface area is 158 Å². The van der Waals surface area contributed by atoms with Crippen LogP contribution in [-0.2, 0) is 6.54 Å². The first-order valence-electron chi connectivity index (χ1n) is 8.82. The van der Waals surface area contributed by atoms with E-state index in [4.69, 9.17) is 0 Å². The number of anilines is 1. The van der Waals surface area contributed by atoms with Gasteiger partial charge in [-0.2, -0.15) is 0 Å². The number of nitro groups is 1. The third kappa shape index (κ3) is 4.40. The van der Waals surface area contributed by atoms with Gasteiger partial charge in [-0.15, -0.1) is 0 Å². The molecule has 2 heterocycles. The smallest absolute Gasteiger partial charge is 0.293 e. The standard InChI is InChI=1S/C19H23N5O3/c1-21(2)17-4-3-16(13-18(17)24(26)27)19(25)23-11-9-22(10-12-23)14-15-5-7-20-8-6-15/h3-8,13H,9-12,14H2,1-2H3. The minimum absolute atomic E-state index is 0.0535. The second-order valence-electron chi connectivity index (χ2n) is 6.78. The van der Waals surface area contributed by atoms with Gasteiger partial charge < -0.3 is 9.80 Å². The molecule has 1 aliphatic rings. The van der Waals surface area contributed by atoms with Crippen molar-refractivity contribution in [2.24, 2.45) is 0 Å². The number of carbonyl (C=O) groups is 1. The molecule has 1 aromatic heterocycles. The number of pyridine rings is 1. The van der Waals surface area contributed by atoms with Crippen LogP contribution >= 0.6 is 0 Å². The summed E-state index contributed by atoms with van der Waals surface area (Å²) in [7, 11) is 3.48. The topological polar surface area (TPSA) is 82.8 Å². The maximum Gasteiger partial charge on any atom is 0.293 e. The molecule has 1 amide bonds. The molecule has 0 radical (unpaired) electrons. The van der Waals surface area contributed by atoms with E-state index >= 15 is 0 Å². The summed E-state index contributed by atoms with van der Waals surface area (Å²) in [5.41, 5.74) is 1.98. The van der Waals surface area contributed by atoms with Gasteiger partial charge in [0, 0.05) is 70.8 Å². The molecular formula is C19H23N5O3. The van der Waals surface area contributed by atoms with Crippen LogP contribution in [-0.4, -0.2) is 65.9 Å². The molecule has 1 aliphatic heterocycles. The molecule has 0 atom stereocenters. The van der Waals surface area contributed by atoms with Crippen molar-refractivity contribution in [2.75, 3.05) is 45.2 Å². The molecule has 0 aliphatic carbocycles. The maximum absolute atomic E-state index is 12.8. The molecule has 142 valence electrons. The Bertz CT molecular complexity index is 817. The molecule has 0 spiro atoms. The highest BCUT2D eigenvalue weighted by atomic mass is 16.6. The summed E-state index contributed by atoms with van der Waals surface area (Å²) in [5.74, 6) is -0.160. The lowest BCUT2D eigenvalue weighted by molar-refractivity contribution is -0.384. The second kappa shape index (κ2) is 8.13. The molecule has 27 heavy (non-hydrogen) atoms. The highest BCUT2D eigenvalue weighted by Gasteiger charge is 2.25. The third-order valence-corrected chi connectivity index (χ3v) is 4.72. The van der Waals surface area contributed by atoms with Crippen molar-refractivity contribution in [1.82, 2.24) is 14.8 Å². The predicted octanol–water partition coefficient (Wildman–Crippen LogP) is 2.01. The number of hydrogen-bond acceptors (Lipinski definition) is 6. The first kappa shape index (κ1) is 18.8. The third-order valence-electron chi connectivity index (χ3n) is 4.72. The Morgan fingerprint density at radius 1 is 1.15 bits per heavy atom. The Morgan fingerprint density at radius 2 is 1.81 bits per heavy atom. The number of nitro benzene ring substituents is 1. The van der Waals surface area contributed by atoms with Crippen LogP contribution in [0.1, 0.15) is 15.9 Å². The molecule has 1 aromatic carbocycles. The van der Waals surface area contributed by atoms with Crippen LogP contribution < -0.4 is 4.90 Å². The fourth-order valence-electron chi connectivity index (χ4n) is 3.22. The average molecular weight is 369 g/mol. The van der Waals surface area contributed by atoms with Crippen molar-refractivity contribution >= 4 is 17.3 Å². The maximum atomic E-state index is 12.8. The fourth-order valence-corrected chi connectivity index (χ4v) is 3.22. The van der Waals surface area contributed by atoms with E-state index in [0.29, 0.717) is 24.3 Å². The largest absolute Gasteiger partial charge is 0.372 e. The lowest BCUT2D eigenvalue weighted by atomic mass is 10.1. The van der Waals surface area contributed by atoms with Crippen molar-refractivity contribution < 1.29 is 9.72 Å². The van der Waals surface area contributed by atoms with Crippen molar-refractivity contribution in [1.29, 1.82) is 0 Å². The van der Waals surface area contributed by atoms with Crippen LogP contribution in [0, 0.1) is 10.1 Å². The van der Waals surface area contributed by atoms with Crippen molar-refractivity contribution in [3.05, 3.63) is 64.0 Å². The first-order chi connectivity index (χ1) is 13.0. The van der Waals surface area contributed by atoms with Crippen LogP contribution in [0.25, 0.3) is 0 Å². The Morgan fingerprint density at radius 3 is 2.41 bits per heavy atom. The van der Waals surface area contributed by atoms with Gasteiger partial charge in [0.05, 0.1) is 4.92 Å². The summed E-state index contributed by atoms with van der Waals surface area (Å²) < 4.78 is 0. The molecule has 8 heteroatoms. The van der Waals surface area contributed by atoms with E-state index in [0.717, 1.165) is 19.6 Å². The Hall–Kier alpha value is -3.00. The average Bonchev–Trinajstić information content (AvgIpc) is 2.68. The van der Waals surface area contributed by atoms with Crippen LogP contribution in [0.15, 0.2) is 42.7 Å². The first-order valence-corrected chi connectivity index (χ1v) is 8.82. The minimum Gasteiger partial charge on any atom is -0.372 e. The summed E-state index contributed by atoms with van der Waals surface area (Å²) in [4.78, 5) is 33.4. The fraction of sp³-hybridized carbons (Fsp3) is 0.368. The summed E-state index contributed by atoms with van der Waals surface area (Å²) in [6, 6.07) is 8.64. The van der Waals surface area contributed by atoms with E-state index in [-0.39, 0.29) is 11.6 Å². The lowest BCUT2D eigenvalue weighted by Gasteiger charge is -2.34. The summed E-state index contributed by atoms with van der Waals surface area (Å²) in [5, 5.41) is 11.3. The number of nitrogens with zero attached hydrogens (tertiary/aromatic N) is 5. The number of hydrogen-bond donors (Lipinski definition) is 0. The minimum atomic E-state index is -0.446. The molecule has 0 bridgehead atoms. The highest BCUT2D eigenvalue weighted by molar-refractivity contribution is 5.95. The molecule has 0 saturated carbocycles. The number of piperazine rings is 1. The zero-order valence-corrected chi connectivity index (χ0v) is 15.5. The van der Waals surface area contributed by atoms with Gasteiger partial charge in [0.1, 0.15) is 5.69 Å². The molecule has 0 N–H and O–H groups in total. The molecule has 1 fully saturated rings. The summed E-state index contributed by atoms with van der Waals surface area (Å²) in [6.45, 7) is 3.58. The van der Waals surface area contributed by atoms with E-state index in [1.54, 1.807) is 48.4 Å². The van der Waals surface area contributed by atoms with E-state index in [2.05, 4.69) is 9.88 Å². The van der Waals surface area contributed by atoms with Crippen molar-refractivity contribution in [2.45, 2.75) is 6.54 Å². The monoisotopic (exact) mass is 369 g/mol. The predicted molar refractivity (Wildman–Crippen MR) is 103 cm³/mol. The van der Waals surface area contributed by atoms with E-state index in [9.17, 15) is 14.9 Å². The van der Waals surface area contributed by atoms with Gasteiger partial charge >= 0.3 is 0 Å². The van der Waals surface area contributed by atoms with Crippen LogP contribution in [0.5, 0.6) is 0 Å². The van der Waals surface area contributed by atoms with Crippen LogP contribution in [0.4, 0.5) is 11.4 Å². The number of aromatic nitrogens is 1. The second-order valence-corrected chi connectivity index (χ2v) is 6.78. The van der Waals surface area contributed by atoms with E-state index in [1.165, 1.54) is 11.6 Å². The van der Waals surface area contributed by atoms with E-state index in [1.807, 2.05) is 12.1 Å². The zero-order valence-electron chi connectivity index (χ0n) is 15.5. The van der Waals surface area contributed by atoms with Crippen molar-refractivity contribution in [3.63, 3.8) is 0 Å². The van der Waals surface area contributed by atoms with Gasteiger partial charge in [-0.1, -0.05) is 0 Å². The summed E-state index contributed by atoms with van der Waals surface area (Å²) >= 11 is 0. The Balaban J connectivity index is 1.65. The van der Waals surface area contributed by atoms with Gasteiger partial charge in [-0.25, -0.2) is 0 Å². The molecule has 8 nitrogen and oxygen atoms in total. The lowest BCUT2D eigenvalue weighted by Crippen LogP contribution is -2.48. The van der Waals surface area contributed by atoms with Crippen LogP contribution in [0.2, 0.25) is 0 Å². The van der Waals surface area contributed by atoms with Gasteiger partial charge in [-0.05, 0) is 29.8 Å². The zero-order chi connectivity index (χ0) is 19.4. The quantitative estimate of drug-likeness (QED) is 0.592. The molecule has 2 aromatic rings. The highest BCUT2D eigenvalue weighted by Crippen LogP contribution is 2.28. The Kier molecular flexibility index (Phi) is 5.66. The normalized spacial score (nSPS) is 14.8. The van der Waals surface area contributed by atoms with Crippen LogP contribution in [0.3, 0.4) is 0 Å². The number of rotatable bonds is 5. The molecule has 0 unspecified atom stereocenters. The van der Waals surface area contributed by atoms with Gasteiger partial charge in [0.15, 0.2) is 0 Å². The number of amides is 1. The number of benzene rings is 1. The van der Waals surface area contributed by atoms with Gasteiger partial charge in [-0.3, -0.25) is 24.8 Å². The van der Waals surface area contributed by atoms with E-state index < -0.39 is 4.92 Å². The van der Waals surface area contributed by atoms with Gasteiger partial charge in [0.2, 0.25) is 0 Å².